The molecule has 0 aliphatic rings. The Labute approximate surface area is 138 Å². The van der Waals surface area contributed by atoms with E-state index in [0.29, 0.717) is 28.6 Å². The number of hydrogen-bond donors (Lipinski definition) is 2. The molecule has 0 unspecified atom stereocenters. The Kier molecular flexibility index (Phi) is 4.30. The fourth-order valence-electron chi connectivity index (χ4n) is 2.23. The van der Waals surface area contributed by atoms with Crippen molar-refractivity contribution in [2.24, 2.45) is 0 Å². The van der Waals surface area contributed by atoms with Crippen LogP contribution in [0.2, 0.25) is 5.02 Å². The second-order valence-electron chi connectivity index (χ2n) is 5.14. The third-order valence-corrected chi connectivity index (χ3v) is 3.51. The SMILES string of the molecule is Nc1cccc(C(=O)Nc2cn(Cc3cccc(Cl)c3)cn2)c1. The third kappa shape index (κ3) is 3.90. The van der Waals surface area contributed by atoms with Gasteiger partial charge in [-0.15, -0.1) is 0 Å². The molecule has 0 saturated carbocycles. The summed E-state index contributed by atoms with van der Waals surface area (Å²) in [5.74, 6) is 0.241. The predicted molar refractivity (Wildman–Crippen MR) is 91.6 cm³/mol. The summed E-state index contributed by atoms with van der Waals surface area (Å²) in [5, 5.41) is 3.44. The molecule has 1 heterocycles. The topological polar surface area (TPSA) is 72.9 Å². The highest BCUT2D eigenvalue weighted by atomic mass is 35.5. The second kappa shape index (κ2) is 6.54. The zero-order chi connectivity index (χ0) is 16.2. The van der Waals surface area contributed by atoms with E-state index in [4.69, 9.17) is 17.3 Å². The van der Waals surface area contributed by atoms with Crippen LogP contribution in [0.3, 0.4) is 0 Å². The van der Waals surface area contributed by atoms with Gasteiger partial charge in [0.25, 0.3) is 5.91 Å². The molecule has 116 valence electrons. The van der Waals surface area contributed by atoms with Gasteiger partial charge in [-0.2, -0.15) is 0 Å². The summed E-state index contributed by atoms with van der Waals surface area (Å²) in [6.45, 7) is 0.627. The molecular formula is C17H15ClN4O. The Balaban J connectivity index is 1.68. The number of carbonyl (C=O) groups is 1. The average Bonchev–Trinajstić information content (AvgIpc) is 2.94. The van der Waals surface area contributed by atoms with Gasteiger partial charge in [-0.3, -0.25) is 4.79 Å². The van der Waals surface area contributed by atoms with Crippen molar-refractivity contribution in [3.05, 3.63) is 77.2 Å². The molecule has 0 aliphatic heterocycles. The van der Waals surface area contributed by atoms with Crippen LogP contribution >= 0.6 is 11.6 Å². The van der Waals surface area contributed by atoms with Crippen molar-refractivity contribution < 1.29 is 4.79 Å². The lowest BCUT2D eigenvalue weighted by Gasteiger charge is -2.04. The molecule has 0 aliphatic carbocycles. The number of halogens is 1. The number of nitrogens with zero attached hydrogens (tertiary/aromatic N) is 2. The van der Waals surface area contributed by atoms with E-state index in [-0.39, 0.29) is 5.91 Å². The number of nitrogens with one attached hydrogen (secondary N) is 1. The number of amides is 1. The minimum absolute atomic E-state index is 0.245. The lowest BCUT2D eigenvalue weighted by atomic mass is 10.2. The largest absolute Gasteiger partial charge is 0.399 e. The van der Waals surface area contributed by atoms with Crippen molar-refractivity contribution in [3.8, 4) is 0 Å². The zero-order valence-electron chi connectivity index (χ0n) is 12.2. The van der Waals surface area contributed by atoms with E-state index in [9.17, 15) is 4.79 Å². The van der Waals surface area contributed by atoms with Crippen LogP contribution in [0.5, 0.6) is 0 Å². The number of benzene rings is 2. The molecule has 3 N–H and O–H groups in total. The molecule has 2 aromatic carbocycles. The highest BCUT2D eigenvalue weighted by Gasteiger charge is 2.08. The highest BCUT2D eigenvalue weighted by Crippen LogP contribution is 2.14. The van der Waals surface area contributed by atoms with E-state index in [1.54, 1.807) is 36.8 Å². The number of nitrogens with two attached hydrogens (primary N) is 1. The van der Waals surface area contributed by atoms with Crippen LogP contribution in [-0.4, -0.2) is 15.5 Å². The number of aromatic nitrogens is 2. The first-order valence-electron chi connectivity index (χ1n) is 7.03. The van der Waals surface area contributed by atoms with Crippen molar-refractivity contribution in [1.82, 2.24) is 9.55 Å². The number of anilines is 2. The van der Waals surface area contributed by atoms with E-state index in [0.717, 1.165) is 5.56 Å². The molecule has 6 heteroatoms. The lowest BCUT2D eigenvalue weighted by molar-refractivity contribution is 0.102. The molecule has 3 rings (SSSR count). The van der Waals surface area contributed by atoms with Crippen LogP contribution in [-0.2, 0) is 6.54 Å². The van der Waals surface area contributed by atoms with E-state index in [1.165, 1.54) is 0 Å². The maximum atomic E-state index is 12.1. The standard InChI is InChI=1S/C17H15ClN4O/c18-14-5-1-3-12(7-14)9-22-10-16(20-11-22)21-17(23)13-4-2-6-15(19)8-13/h1-8,10-11H,9,19H2,(H,21,23). The van der Waals surface area contributed by atoms with Gasteiger partial charge in [-0.05, 0) is 35.9 Å². The molecule has 0 fully saturated rings. The zero-order valence-corrected chi connectivity index (χ0v) is 13.0. The highest BCUT2D eigenvalue weighted by molar-refractivity contribution is 6.30. The van der Waals surface area contributed by atoms with Gasteiger partial charge in [-0.1, -0.05) is 29.8 Å². The van der Waals surface area contributed by atoms with E-state index in [2.05, 4.69) is 10.3 Å². The fraction of sp³-hybridized carbons (Fsp3) is 0.0588. The van der Waals surface area contributed by atoms with Gasteiger partial charge >= 0.3 is 0 Å². The monoisotopic (exact) mass is 326 g/mol. The van der Waals surface area contributed by atoms with Crippen LogP contribution in [0, 0.1) is 0 Å². The molecule has 23 heavy (non-hydrogen) atoms. The smallest absolute Gasteiger partial charge is 0.256 e. The molecular weight excluding hydrogens is 312 g/mol. The normalized spacial score (nSPS) is 10.5. The van der Waals surface area contributed by atoms with E-state index in [1.807, 2.05) is 28.8 Å². The maximum Gasteiger partial charge on any atom is 0.256 e. The third-order valence-electron chi connectivity index (χ3n) is 3.28. The molecule has 3 aromatic rings. The van der Waals surface area contributed by atoms with E-state index < -0.39 is 0 Å². The molecule has 1 aromatic heterocycles. The van der Waals surface area contributed by atoms with Gasteiger partial charge in [0, 0.05) is 29.0 Å². The Morgan fingerprint density at radius 1 is 1.22 bits per heavy atom. The van der Waals surface area contributed by atoms with Crippen LogP contribution in [0.4, 0.5) is 11.5 Å². The lowest BCUT2D eigenvalue weighted by Crippen LogP contribution is -2.12. The minimum Gasteiger partial charge on any atom is -0.399 e. The Bertz CT molecular complexity index is 844. The van der Waals surface area contributed by atoms with Crippen molar-refractivity contribution >= 4 is 29.0 Å². The summed E-state index contributed by atoms with van der Waals surface area (Å²) in [4.78, 5) is 16.3. The summed E-state index contributed by atoms with van der Waals surface area (Å²) >= 11 is 5.97. The maximum absolute atomic E-state index is 12.1. The van der Waals surface area contributed by atoms with Gasteiger partial charge in [0.2, 0.25) is 0 Å². The number of carbonyl (C=O) groups excluding carboxylic acids is 1. The van der Waals surface area contributed by atoms with Gasteiger partial charge < -0.3 is 15.6 Å². The minimum atomic E-state index is -0.245. The first-order chi connectivity index (χ1) is 11.1. The number of hydrogen-bond acceptors (Lipinski definition) is 3. The first kappa shape index (κ1) is 15.1. The van der Waals surface area contributed by atoms with Crippen molar-refractivity contribution in [3.63, 3.8) is 0 Å². The van der Waals surface area contributed by atoms with Gasteiger partial charge in [-0.25, -0.2) is 4.98 Å². The summed E-state index contributed by atoms with van der Waals surface area (Å²) in [6, 6.07) is 14.4. The summed E-state index contributed by atoms with van der Waals surface area (Å²) in [6.07, 6.45) is 3.43. The number of nitrogen functional groups attached to an aromatic ring is 1. The molecule has 5 nitrogen and oxygen atoms in total. The fourth-order valence-corrected chi connectivity index (χ4v) is 2.44. The Morgan fingerprint density at radius 3 is 2.83 bits per heavy atom. The average molecular weight is 327 g/mol. The predicted octanol–water partition coefficient (Wildman–Crippen LogP) is 3.42. The second-order valence-corrected chi connectivity index (χ2v) is 5.58. The molecule has 0 radical (unpaired) electrons. The number of imidazole rings is 1. The van der Waals surface area contributed by atoms with Crippen LogP contribution < -0.4 is 11.1 Å². The van der Waals surface area contributed by atoms with Gasteiger partial charge in [0.15, 0.2) is 5.82 Å². The molecule has 0 spiro atoms. The van der Waals surface area contributed by atoms with Crippen molar-refractivity contribution in [2.75, 3.05) is 11.1 Å². The van der Waals surface area contributed by atoms with Crippen LogP contribution in [0.1, 0.15) is 15.9 Å². The molecule has 0 saturated heterocycles. The summed E-state index contributed by atoms with van der Waals surface area (Å²) in [5.41, 5.74) is 7.78. The molecule has 1 amide bonds. The molecule has 0 atom stereocenters. The van der Waals surface area contributed by atoms with E-state index >= 15 is 0 Å². The Hall–Kier alpha value is -2.79. The quantitative estimate of drug-likeness (QED) is 0.721. The Morgan fingerprint density at radius 2 is 2.04 bits per heavy atom. The first-order valence-corrected chi connectivity index (χ1v) is 7.41. The van der Waals surface area contributed by atoms with Crippen molar-refractivity contribution in [2.45, 2.75) is 6.54 Å². The van der Waals surface area contributed by atoms with Gasteiger partial charge in [0.1, 0.15) is 0 Å². The number of rotatable bonds is 4. The van der Waals surface area contributed by atoms with Gasteiger partial charge in [0.05, 0.1) is 6.33 Å². The molecule has 0 bridgehead atoms. The van der Waals surface area contributed by atoms with Crippen LogP contribution in [0.25, 0.3) is 0 Å². The van der Waals surface area contributed by atoms with Crippen molar-refractivity contribution in [1.29, 1.82) is 0 Å². The van der Waals surface area contributed by atoms with Crippen LogP contribution in [0.15, 0.2) is 61.1 Å². The summed E-state index contributed by atoms with van der Waals surface area (Å²) in [7, 11) is 0. The summed E-state index contributed by atoms with van der Waals surface area (Å²) < 4.78 is 1.88.